The Bertz CT molecular complexity index is 975. The molecule has 2 heterocycles. The van der Waals surface area contributed by atoms with Crippen LogP contribution in [-0.4, -0.2) is 35.9 Å². The predicted molar refractivity (Wildman–Crippen MR) is 98.9 cm³/mol. The van der Waals surface area contributed by atoms with E-state index < -0.39 is 0 Å². The van der Waals surface area contributed by atoms with Gasteiger partial charge in [0.25, 0.3) is 5.56 Å². The zero-order chi connectivity index (χ0) is 18.7. The lowest BCUT2D eigenvalue weighted by molar-refractivity contribution is 0.324. The maximum absolute atomic E-state index is 12.0. The summed E-state index contributed by atoms with van der Waals surface area (Å²) in [5, 5.41) is 3.91. The number of ether oxygens (including phenoxy) is 3. The predicted octanol–water partition coefficient (Wildman–Crippen LogP) is 2.58. The van der Waals surface area contributed by atoms with Crippen LogP contribution < -0.4 is 25.1 Å². The van der Waals surface area contributed by atoms with E-state index in [1.807, 2.05) is 6.92 Å². The zero-order valence-corrected chi connectivity index (χ0v) is 15.1. The van der Waals surface area contributed by atoms with E-state index in [1.54, 1.807) is 50.3 Å². The van der Waals surface area contributed by atoms with E-state index in [0.29, 0.717) is 41.1 Å². The average Bonchev–Trinajstić information content (AvgIpc) is 2.67. The molecule has 0 saturated carbocycles. The molecule has 1 aromatic carbocycles. The summed E-state index contributed by atoms with van der Waals surface area (Å²) in [5.74, 6) is 1.89. The molecule has 26 heavy (non-hydrogen) atoms. The molecular weight excluding hydrogens is 336 g/mol. The number of aryl methyl sites for hydroxylation is 1. The molecule has 0 saturated heterocycles. The van der Waals surface area contributed by atoms with Crippen molar-refractivity contribution in [2.24, 2.45) is 0 Å². The van der Waals surface area contributed by atoms with E-state index in [2.05, 4.69) is 15.3 Å². The summed E-state index contributed by atoms with van der Waals surface area (Å²) in [6.45, 7) is 2.42. The van der Waals surface area contributed by atoms with Crippen LogP contribution in [0.25, 0.3) is 11.0 Å². The van der Waals surface area contributed by atoms with Crippen molar-refractivity contribution in [1.82, 2.24) is 14.5 Å². The van der Waals surface area contributed by atoms with Gasteiger partial charge < -0.3 is 19.5 Å². The first-order chi connectivity index (χ1) is 12.6. The van der Waals surface area contributed by atoms with Gasteiger partial charge in [0, 0.05) is 42.0 Å². The van der Waals surface area contributed by atoms with Gasteiger partial charge in [0.15, 0.2) is 11.5 Å². The van der Waals surface area contributed by atoms with Gasteiger partial charge in [0.1, 0.15) is 5.65 Å². The molecule has 8 nitrogen and oxygen atoms in total. The number of hydrogen-bond acceptors (Lipinski definition) is 7. The third-order valence-corrected chi connectivity index (χ3v) is 3.96. The molecule has 0 aliphatic rings. The molecule has 0 atom stereocenters. The number of nitrogens with one attached hydrogen (secondary N) is 1. The Hall–Kier alpha value is -3.29. The number of aromatic nitrogens is 3. The first-order valence-corrected chi connectivity index (χ1v) is 8.04. The van der Waals surface area contributed by atoms with Gasteiger partial charge in [-0.05, 0) is 13.0 Å². The Morgan fingerprint density at radius 3 is 2.35 bits per heavy atom. The summed E-state index contributed by atoms with van der Waals surface area (Å²) >= 11 is 0. The minimum absolute atomic E-state index is 0.0996. The summed E-state index contributed by atoms with van der Waals surface area (Å²) in [4.78, 5) is 20.8. The van der Waals surface area contributed by atoms with Gasteiger partial charge in [-0.25, -0.2) is 4.98 Å². The molecule has 0 amide bonds. The molecule has 8 heteroatoms. The van der Waals surface area contributed by atoms with Gasteiger partial charge in [-0.3, -0.25) is 9.36 Å². The maximum atomic E-state index is 12.0. The van der Waals surface area contributed by atoms with Crippen molar-refractivity contribution >= 4 is 22.7 Å². The fourth-order valence-electron chi connectivity index (χ4n) is 2.72. The second kappa shape index (κ2) is 7.30. The number of methoxy groups -OCH3 is 3. The van der Waals surface area contributed by atoms with Crippen LogP contribution in [0.15, 0.2) is 35.3 Å². The van der Waals surface area contributed by atoms with E-state index in [9.17, 15) is 4.79 Å². The molecule has 0 radical (unpaired) electrons. The highest BCUT2D eigenvalue weighted by Gasteiger charge is 2.14. The third-order valence-electron chi connectivity index (χ3n) is 3.96. The van der Waals surface area contributed by atoms with E-state index in [-0.39, 0.29) is 5.56 Å². The first-order valence-electron chi connectivity index (χ1n) is 8.04. The summed E-state index contributed by atoms with van der Waals surface area (Å²) in [7, 11) is 4.64. The number of rotatable bonds is 6. The molecular formula is C18H20N4O4. The Balaban J connectivity index is 2.05. The van der Waals surface area contributed by atoms with Crippen LogP contribution in [0.3, 0.4) is 0 Å². The van der Waals surface area contributed by atoms with E-state index in [0.717, 1.165) is 5.39 Å². The van der Waals surface area contributed by atoms with Crippen molar-refractivity contribution < 1.29 is 14.2 Å². The van der Waals surface area contributed by atoms with E-state index >= 15 is 0 Å². The highest BCUT2D eigenvalue weighted by atomic mass is 16.5. The van der Waals surface area contributed by atoms with Crippen LogP contribution >= 0.6 is 0 Å². The molecule has 2 aromatic heterocycles. The number of anilines is 2. The van der Waals surface area contributed by atoms with Crippen molar-refractivity contribution in [2.45, 2.75) is 13.5 Å². The van der Waals surface area contributed by atoms with Crippen LogP contribution in [0.2, 0.25) is 0 Å². The summed E-state index contributed by atoms with van der Waals surface area (Å²) in [5.41, 5.74) is 1.14. The monoisotopic (exact) mass is 356 g/mol. The summed E-state index contributed by atoms with van der Waals surface area (Å²) in [6, 6.07) is 6.74. The number of fused-ring (bicyclic) bond motifs is 1. The number of benzene rings is 1. The fourth-order valence-corrected chi connectivity index (χ4v) is 2.72. The van der Waals surface area contributed by atoms with Crippen molar-refractivity contribution in [2.75, 3.05) is 26.6 Å². The van der Waals surface area contributed by atoms with Gasteiger partial charge in [-0.1, -0.05) is 0 Å². The summed E-state index contributed by atoms with van der Waals surface area (Å²) < 4.78 is 17.6. The number of nitrogens with zero attached hydrogens (tertiary/aromatic N) is 3. The zero-order valence-electron chi connectivity index (χ0n) is 15.1. The molecule has 136 valence electrons. The molecule has 0 bridgehead atoms. The Labute approximate surface area is 150 Å². The summed E-state index contributed by atoms with van der Waals surface area (Å²) in [6.07, 6.45) is 1.67. The van der Waals surface area contributed by atoms with Crippen LogP contribution in [0.1, 0.15) is 6.92 Å². The maximum Gasteiger partial charge on any atom is 0.252 e. The van der Waals surface area contributed by atoms with Crippen LogP contribution in [0, 0.1) is 0 Å². The molecule has 3 rings (SSSR count). The number of pyridine rings is 1. The highest BCUT2D eigenvalue weighted by molar-refractivity contribution is 5.76. The Morgan fingerprint density at radius 2 is 1.77 bits per heavy atom. The Kier molecular flexibility index (Phi) is 4.92. The van der Waals surface area contributed by atoms with Crippen molar-refractivity contribution in [3.63, 3.8) is 0 Å². The lowest BCUT2D eigenvalue weighted by Crippen LogP contribution is -2.19. The topological polar surface area (TPSA) is 87.5 Å². The minimum atomic E-state index is -0.0996. The molecule has 0 aliphatic carbocycles. The van der Waals surface area contributed by atoms with Gasteiger partial charge in [-0.2, -0.15) is 4.98 Å². The van der Waals surface area contributed by atoms with Crippen molar-refractivity contribution in [3.8, 4) is 17.2 Å². The molecule has 1 N–H and O–H groups in total. The second-order valence-electron chi connectivity index (χ2n) is 5.43. The minimum Gasteiger partial charge on any atom is -0.493 e. The lowest BCUT2D eigenvalue weighted by Gasteiger charge is -2.15. The van der Waals surface area contributed by atoms with Crippen LogP contribution in [-0.2, 0) is 6.54 Å². The second-order valence-corrected chi connectivity index (χ2v) is 5.43. The van der Waals surface area contributed by atoms with E-state index in [4.69, 9.17) is 14.2 Å². The standard InChI is InChI=1S/C18H20N4O4/c1-5-22-15(23)7-6-11-10-19-18(21-17(11)22)20-12-8-13(24-2)16(26-4)14(9-12)25-3/h6-10H,5H2,1-4H3,(H,19,20,21). The molecule has 3 aromatic rings. The first kappa shape index (κ1) is 17.5. The normalized spacial score (nSPS) is 10.6. The highest BCUT2D eigenvalue weighted by Crippen LogP contribution is 2.40. The average molecular weight is 356 g/mol. The van der Waals surface area contributed by atoms with Crippen LogP contribution in [0.5, 0.6) is 17.2 Å². The fraction of sp³-hybridized carbons (Fsp3) is 0.278. The quantitative estimate of drug-likeness (QED) is 0.726. The van der Waals surface area contributed by atoms with Gasteiger partial charge in [0.05, 0.1) is 21.3 Å². The molecule has 0 spiro atoms. The van der Waals surface area contributed by atoms with Gasteiger partial charge in [-0.15, -0.1) is 0 Å². The lowest BCUT2D eigenvalue weighted by atomic mass is 10.2. The Morgan fingerprint density at radius 1 is 1.08 bits per heavy atom. The van der Waals surface area contributed by atoms with Gasteiger partial charge in [0.2, 0.25) is 11.7 Å². The number of hydrogen-bond donors (Lipinski definition) is 1. The van der Waals surface area contributed by atoms with Crippen molar-refractivity contribution in [1.29, 1.82) is 0 Å². The largest absolute Gasteiger partial charge is 0.493 e. The SMILES string of the molecule is CCn1c(=O)ccc2cnc(Nc3cc(OC)c(OC)c(OC)c3)nc21. The van der Waals surface area contributed by atoms with E-state index in [1.165, 1.54) is 6.07 Å². The molecule has 0 unspecified atom stereocenters. The smallest absolute Gasteiger partial charge is 0.252 e. The molecule has 0 aliphatic heterocycles. The van der Waals surface area contributed by atoms with Crippen LogP contribution in [0.4, 0.5) is 11.6 Å². The van der Waals surface area contributed by atoms with Gasteiger partial charge >= 0.3 is 0 Å². The third kappa shape index (κ3) is 3.13. The molecule has 0 fully saturated rings. The van der Waals surface area contributed by atoms with Crippen molar-refractivity contribution in [3.05, 3.63) is 40.8 Å².